The molecule has 0 aliphatic rings. The molecule has 0 saturated heterocycles. The monoisotopic (exact) mass is 126 g/mol. The predicted octanol–water partition coefficient (Wildman–Crippen LogP) is 2.81. The molecule has 1 nitrogen and oxygen atoms in total. The van der Waals surface area contributed by atoms with Crippen LogP contribution < -0.4 is 0 Å². The normalized spacial score (nSPS) is 9.44. The molecule has 0 bridgehead atoms. The van der Waals surface area contributed by atoms with Gasteiger partial charge in [0.2, 0.25) is 0 Å². The molecule has 0 unspecified atom stereocenters. The van der Waals surface area contributed by atoms with Gasteiger partial charge in [-0.3, -0.25) is 0 Å². The van der Waals surface area contributed by atoms with Crippen LogP contribution in [0.3, 0.4) is 0 Å². The van der Waals surface area contributed by atoms with Crippen molar-refractivity contribution >= 4 is 6.21 Å². The quantitative estimate of drug-likeness (QED) is 0.418. The van der Waals surface area contributed by atoms with Crippen molar-refractivity contribution in [1.82, 2.24) is 0 Å². The zero-order valence-corrected chi connectivity index (χ0v) is 6.03. The Kier molecular flexibility index (Phi) is 7.39. The van der Waals surface area contributed by atoms with Gasteiger partial charge >= 0.3 is 0 Å². The number of rotatable bonds is 6. The summed E-state index contributed by atoms with van der Waals surface area (Å²) in [6, 6.07) is 0. The van der Waals surface area contributed by atoms with Crippen molar-refractivity contribution in [3.05, 3.63) is 6.92 Å². The van der Waals surface area contributed by atoms with Crippen LogP contribution in [0.4, 0.5) is 0 Å². The van der Waals surface area contributed by atoms with Crippen molar-refractivity contribution in [3.63, 3.8) is 0 Å². The number of nitrogens with one attached hydrogen (secondary N) is 1. The maximum Gasteiger partial charge on any atom is -0.00477 e. The molecule has 0 rings (SSSR count). The van der Waals surface area contributed by atoms with E-state index in [2.05, 4.69) is 6.92 Å². The van der Waals surface area contributed by atoms with Crippen LogP contribution in [-0.2, 0) is 0 Å². The van der Waals surface area contributed by atoms with Crippen molar-refractivity contribution in [2.45, 2.75) is 38.5 Å². The maximum atomic E-state index is 6.75. The van der Waals surface area contributed by atoms with E-state index in [4.69, 9.17) is 5.41 Å². The fourth-order valence-corrected chi connectivity index (χ4v) is 0.777. The van der Waals surface area contributed by atoms with Gasteiger partial charge < -0.3 is 5.41 Å². The highest BCUT2D eigenvalue weighted by Crippen LogP contribution is 2.02. The summed E-state index contributed by atoms with van der Waals surface area (Å²) >= 11 is 0. The van der Waals surface area contributed by atoms with Crippen molar-refractivity contribution < 1.29 is 0 Å². The van der Waals surface area contributed by atoms with E-state index in [1.165, 1.54) is 31.9 Å². The minimum Gasteiger partial charge on any atom is -0.313 e. The molecular weight excluding hydrogens is 110 g/mol. The molecule has 0 saturated carbocycles. The summed E-state index contributed by atoms with van der Waals surface area (Å²) in [6.07, 6.45) is 8.50. The van der Waals surface area contributed by atoms with Crippen molar-refractivity contribution in [1.29, 1.82) is 5.41 Å². The summed E-state index contributed by atoms with van der Waals surface area (Å²) in [4.78, 5) is 0. The Hall–Kier alpha value is -0.330. The molecule has 0 aliphatic heterocycles. The first-order chi connectivity index (χ1) is 4.41. The van der Waals surface area contributed by atoms with Gasteiger partial charge in [-0.05, 0) is 19.1 Å². The summed E-state index contributed by atoms with van der Waals surface area (Å²) in [5.41, 5.74) is 0. The molecule has 0 aromatic rings. The molecule has 53 valence electrons. The Balaban J connectivity index is 2.66. The molecule has 0 aromatic heterocycles. The first kappa shape index (κ1) is 8.67. The van der Waals surface area contributed by atoms with E-state index in [0.717, 1.165) is 12.8 Å². The second-order valence-corrected chi connectivity index (χ2v) is 2.26. The molecule has 0 atom stereocenters. The third-order valence-electron chi connectivity index (χ3n) is 1.35. The van der Waals surface area contributed by atoms with Crippen LogP contribution in [0.25, 0.3) is 0 Å². The van der Waals surface area contributed by atoms with Crippen molar-refractivity contribution in [2.75, 3.05) is 0 Å². The number of unbranched alkanes of at least 4 members (excludes halogenated alkanes) is 5. The second kappa shape index (κ2) is 7.67. The summed E-state index contributed by atoms with van der Waals surface area (Å²) in [6.45, 7) is 3.76. The third-order valence-corrected chi connectivity index (χ3v) is 1.35. The molecule has 1 heteroatoms. The Labute approximate surface area is 58.0 Å². The van der Waals surface area contributed by atoms with Gasteiger partial charge in [-0.15, -0.1) is 0 Å². The van der Waals surface area contributed by atoms with Crippen molar-refractivity contribution in [3.8, 4) is 0 Å². The fraction of sp³-hybridized carbons (Fsp3) is 0.750. The minimum absolute atomic E-state index is 0.955. The van der Waals surface area contributed by atoms with Gasteiger partial charge in [0.05, 0.1) is 0 Å². The lowest BCUT2D eigenvalue weighted by Gasteiger charge is -1.94. The fourth-order valence-electron chi connectivity index (χ4n) is 0.777. The highest BCUT2D eigenvalue weighted by Gasteiger charge is 1.85. The number of hydrogen-bond donors (Lipinski definition) is 1. The Morgan fingerprint density at radius 3 is 2.33 bits per heavy atom. The summed E-state index contributed by atoms with van der Waals surface area (Å²) in [7, 11) is 0. The molecule has 0 fully saturated rings. The average molecular weight is 126 g/mol. The molecule has 0 spiro atoms. The SMILES string of the molecule is [CH2]CCCCCCC=N. The summed E-state index contributed by atoms with van der Waals surface area (Å²) in [5, 5.41) is 6.75. The zero-order valence-electron chi connectivity index (χ0n) is 6.03. The van der Waals surface area contributed by atoms with E-state index in [-0.39, 0.29) is 0 Å². The van der Waals surface area contributed by atoms with E-state index < -0.39 is 0 Å². The van der Waals surface area contributed by atoms with Gasteiger partial charge in [-0.1, -0.05) is 32.6 Å². The molecular formula is C8H16N. The number of hydrogen-bond acceptors (Lipinski definition) is 1. The lowest BCUT2D eigenvalue weighted by atomic mass is 10.1. The van der Waals surface area contributed by atoms with Gasteiger partial charge in [0.1, 0.15) is 0 Å². The van der Waals surface area contributed by atoms with Gasteiger partial charge in [-0.25, -0.2) is 0 Å². The topological polar surface area (TPSA) is 23.9 Å². The second-order valence-electron chi connectivity index (χ2n) is 2.26. The van der Waals surface area contributed by atoms with Crippen LogP contribution in [0.1, 0.15) is 38.5 Å². The van der Waals surface area contributed by atoms with E-state index in [1.807, 2.05) is 0 Å². The lowest BCUT2D eigenvalue weighted by molar-refractivity contribution is 0.660. The van der Waals surface area contributed by atoms with Gasteiger partial charge in [-0.2, -0.15) is 0 Å². The Bertz CT molecular complexity index is 59.6. The molecule has 9 heavy (non-hydrogen) atoms. The molecule has 0 aliphatic carbocycles. The lowest BCUT2D eigenvalue weighted by Crippen LogP contribution is -1.77. The zero-order chi connectivity index (χ0) is 6.95. The van der Waals surface area contributed by atoms with E-state index in [9.17, 15) is 0 Å². The van der Waals surface area contributed by atoms with E-state index in [0.29, 0.717) is 0 Å². The predicted molar refractivity (Wildman–Crippen MR) is 41.8 cm³/mol. The van der Waals surface area contributed by atoms with Crippen LogP contribution in [0.5, 0.6) is 0 Å². The van der Waals surface area contributed by atoms with Crippen LogP contribution in [0.15, 0.2) is 0 Å². The molecule has 0 aromatic carbocycles. The summed E-state index contributed by atoms with van der Waals surface area (Å²) < 4.78 is 0. The Morgan fingerprint density at radius 2 is 1.78 bits per heavy atom. The highest BCUT2D eigenvalue weighted by atomic mass is 14.3. The Morgan fingerprint density at radius 1 is 1.11 bits per heavy atom. The summed E-state index contributed by atoms with van der Waals surface area (Å²) in [5.74, 6) is 0. The first-order valence-corrected chi connectivity index (χ1v) is 3.70. The smallest absolute Gasteiger partial charge is 0.00477 e. The van der Waals surface area contributed by atoms with E-state index in [1.54, 1.807) is 0 Å². The maximum absolute atomic E-state index is 6.75. The molecule has 1 N–H and O–H groups in total. The molecule has 0 heterocycles. The molecule has 1 radical (unpaired) electrons. The highest BCUT2D eigenvalue weighted by molar-refractivity contribution is 5.52. The van der Waals surface area contributed by atoms with Crippen LogP contribution in [-0.4, -0.2) is 6.21 Å². The third kappa shape index (κ3) is 7.67. The first-order valence-electron chi connectivity index (χ1n) is 3.70. The standard InChI is InChI=1S/C8H16N/c1-2-3-4-5-6-7-8-9/h8-9H,1-7H2. The average Bonchev–Trinajstić information content (AvgIpc) is 1.89. The van der Waals surface area contributed by atoms with Crippen molar-refractivity contribution in [2.24, 2.45) is 0 Å². The van der Waals surface area contributed by atoms with Crippen LogP contribution >= 0.6 is 0 Å². The van der Waals surface area contributed by atoms with Gasteiger partial charge in [0.15, 0.2) is 0 Å². The van der Waals surface area contributed by atoms with E-state index >= 15 is 0 Å². The molecule has 0 amide bonds. The van der Waals surface area contributed by atoms with Crippen LogP contribution in [0, 0.1) is 12.3 Å². The van der Waals surface area contributed by atoms with Gasteiger partial charge in [0, 0.05) is 0 Å². The van der Waals surface area contributed by atoms with Crippen LogP contribution in [0.2, 0.25) is 0 Å². The van der Waals surface area contributed by atoms with Gasteiger partial charge in [0.25, 0.3) is 0 Å². The minimum atomic E-state index is 0.955. The largest absolute Gasteiger partial charge is 0.313 e.